The van der Waals surface area contributed by atoms with Gasteiger partial charge >= 0.3 is 0 Å². The second-order valence-corrected chi connectivity index (χ2v) is 17.1. The Morgan fingerprint density at radius 2 is 1.03 bits per heavy atom. The van der Waals surface area contributed by atoms with Crippen molar-refractivity contribution in [2.45, 2.75) is 19.3 Å². The lowest BCUT2D eigenvalue weighted by molar-refractivity contribution is 0.660. The molecule has 12 rings (SSSR count). The van der Waals surface area contributed by atoms with Crippen LogP contribution in [0.5, 0.6) is 0 Å². The van der Waals surface area contributed by atoms with Gasteiger partial charge in [0.05, 0.1) is 0 Å². The summed E-state index contributed by atoms with van der Waals surface area (Å²) in [6.45, 7) is 4.70. The van der Waals surface area contributed by atoms with E-state index in [0.29, 0.717) is 0 Å². The van der Waals surface area contributed by atoms with Crippen LogP contribution in [0.25, 0.3) is 86.3 Å². The summed E-state index contributed by atoms with van der Waals surface area (Å²) in [7, 11) is 0. The van der Waals surface area contributed by atoms with E-state index in [2.05, 4.69) is 207 Å². The van der Waals surface area contributed by atoms with Crippen LogP contribution in [0.3, 0.4) is 0 Å². The zero-order valence-electron chi connectivity index (χ0n) is 32.2. The highest BCUT2D eigenvalue weighted by Gasteiger charge is 2.35. The van der Waals surface area contributed by atoms with Gasteiger partial charge in [-0.3, -0.25) is 0 Å². The van der Waals surface area contributed by atoms with Gasteiger partial charge in [0.2, 0.25) is 0 Å². The van der Waals surface area contributed by atoms with Gasteiger partial charge in [0, 0.05) is 53.4 Å². The number of benzene rings is 9. The molecule has 0 amide bonds. The Kier molecular flexibility index (Phi) is 7.18. The zero-order chi connectivity index (χ0) is 38.5. The average molecular weight is 760 g/mol. The number of thiophene rings is 1. The van der Waals surface area contributed by atoms with Gasteiger partial charge in [0.25, 0.3) is 0 Å². The van der Waals surface area contributed by atoms with Crippen LogP contribution in [-0.4, -0.2) is 0 Å². The predicted molar refractivity (Wildman–Crippen MR) is 247 cm³/mol. The van der Waals surface area contributed by atoms with Crippen molar-refractivity contribution in [2.75, 3.05) is 4.90 Å². The Labute approximate surface area is 340 Å². The third kappa shape index (κ3) is 4.90. The number of rotatable bonds is 5. The smallest absolute Gasteiger partial charge is 0.136 e. The molecule has 2 nitrogen and oxygen atoms in total. The van der Waals surface area contributed by atoms with Crippen molar-refractivity contribution in [3.8, 4) is 33.4 Å². The SMILES string of the molecule is CC1(C)c2ccccc2-c2ccc(N(c3ccc(-c4ccccc4)cc3)c3ccc4oc5cc(-c6cccc7sc8ccccc8c67)c6ccccc6c5c4c3)cc21. The molecule has 3 heteroatoms. The summed E-state index contributed by atoms with van der Waals surface area (Å²) in [5, 5.41) is 7.27. The molecule has 0 unspecified atom stereocenters. The average Bonchev–Trinajstić information content (AvgIpc) is 3.91. The van der Waals surface area contributed by atoms with Crippen LogP contribution in [0.15, 0.2) is 192 Å². The molecule has 0 saturated heterocycles. The first-order chi connectivity index (χ1) is 28.5. The van der Waals surface area contributed by atoms with Gasteiger partial charge in [-0.15, -0.1) is 11.3 Å². The first-order valence-electron chi connectivity index (χ1n) is 20.0. The van der Waals surface area contributed by atoms with Gasteiger partial charge in [-0.25, -0.2) is 0 Å². The fraction of sp³-hybridized carbons (Fsp3) is 0.0545. The van der Waals surface area contributed by atoms with Crippen molar-refractivity contribution >= 4 is 81.3 Å². The summed E-state index contributed by atoms with van der Waals surface area (Å²) in [4.78, 5) is 2.41. The van der Waals surface area contributed by atoms with Gasteiger partial charge in [-0.1, -0.05) is 141 Å². The Morgan fingerprint density at radius 3 is 1.90 bits per heavy atom. The fourth-order valence-electron chi connectivity index (χ4n) is 9.70. The second-order valence-electron chi connectivity index (χ2n) is 16.1. The normalized spacial score (nSPS) is 13.1. The van der Waals surface area contributed by atoms with Crippen LogP contribution in [0.2, 0.25) is 0 Å². The van der Waals surface area contributed by atoms with E-state index in [-0.39, 0.29) is 5.41 Å². The molecule has 0 bridgehead atoms. The molecule has 1 aliphatic rings. The van der Waals surface area contributed by atoms with E-state index in [1.165, 1.54) is 75.5 Å². The van der Waals surface area contributed by atoms with Crippen LogP contribution < -0.4 is 4.90 Å². The number of anilines is 3. The molecular formula is C55H37NOS. The van der Waals surface area contributed by atoms with Crippen molar-refractivity contribution in [3.05, 3.63) is 199 Å². The number of fused-ring (bicyclic) bond motifs is 11. The van der Waals surface area contributed by atoms with Crippen molar-refractivity contribution in [3.63, 3.8) is 0 Å². The Morgan fingerprint density at radius 1 is 0.397 bits per heavy atom. The summed E-state index contributed by atoms with van der Waals surface area (Å²) < 4.78 is 9.43. The summed E-state index contributed by atoms with van der Waals surface area (Å²) in [6.07, 6.45) is 0. The molecule has 274 valence electrons. The highest BCUT2D eigenvalue weighted by molar-refractivity contribution is 7.25. The lowest BCUT2D eigenvalue weighted by Gasteiger charge is -2.28. The molecule has 0 N–H and O–H groups in total. The molecule has 2 heterocycles. The molecule has 58 heavy (non-hydrogen) atoms. The van der Waals surface area contributed by atoms with Gasteiger partial charge in [0.15, 0.2) is 0 Å². The zero-order valence-corrected chi connectivity index (χ0v) is 33.0. The van der Waals surface area contributed by atoms with E-state index < -0.39 is 0 Å². The first-order valence-corrected chi connectivity index (χ1v) is 20.8. The van der Waals surface area contributed by atoms with Crippen LogP contribution in [-0.2, 0) is 5.41 Å². The van der Waals surface area contributed by atoms with E-state index in [1.54, 1.807) is 0 Å². The molecule has 11 aromatic rings. The molecule has 1 aliphatic carbocycles. The minimum Gasteiger partial charge on any atom is -0.456 e. The summed E-state index contributed by atoms with van der Waals surface area (Å²) >= 11 is 1.86. The maximum absolute atomic E-state index is 6.82. The van der Waals surface area contributed by atoms with E-state index in [0.717, 1.165) is 39.0 Å². The van der Waals surface area contributed by atoms with Gasteiger partial charge in [-0.05, 0) is 116 Å². The van der Waals surface area contributed by atoms with Crippen LogP contribution >= 0.6 is 11.3 Å². The largest absolute Gasteiger partial charge is 0.456 e. The van der Waals surface area contributed by atoms with Gasteiger partial charge in [0.1, 0.15) is 11.2 Å². The maximum atomic E-state index is 6.82. The Hall–Kier alpha value is -6.94. The van der Waals surface area contributed by atoms with Crippen LogP contribution in [0.4, 0.5) is 17.1 Å². The number of hydrogen-bond acceptors (Lipinski definition) is 3. The van der Waals surface area contributed by atoms with E-state index >= 15 is 0 Å². The van der Waals surface area contributed by atoms with Crippen molar-refractivity contribution in [2.24, 2.45) is 0 Å². The van der Waals surface area contributed by atoms with Gasteiger partial charge in [-0.2, -0.15) is 0 Å². The quantitative estimate of drug-likeness (QED) is 0.174. The predicted octanol–water partition coefficient (Wildman–Crippen LogP) is 16.2. The molecule has 0 saturated carbocycles. The second kappa shape index (κ2) is 12.5. The monoisotopic (exact) mass is 759 g/mol. The van der Waals surface area contributed by atoms with Crippen molar-refractivity contribution in [1.29, 1.82) is 0 Å². The maximum Gasteiger partial charge on any atom is 0.136 e. The van der Waals surface area contributed by atoms with Crippen molar-refractivity contribution < 1.29 is 4.42 Å². The molecular weight excluding hydrogens is 723 g/mol. The van der Waals surface area contributed by atoms with E-state index in [4.69, 9.17) is 4.42 Å². The standard InChI is InChI=1S/C55H37NOS/c1-55(2)47-20-10-8-16-40(47)41-29-27-38(32-48(41)55)56(36-25-23-35(24-26-36)34-13-4-3-5-14-34)37-28-30-49-46(31-37)53-42-17-7-6-15-39(42)45(33-50(53)57-49)43-19-12-22-52-54(43)44-18-9-11-21-51(44)58-52/h3-33H,1-2H3. The number of hydrogen-bond donors (Lipinski definition) is 0. The first kappa shape index (κ1) is 33.2. The summed E-state index contributed by atoms with van der Waals surface area (Å²) in [5.41, 5.74) is 15.2. The van der Waals surface area contributed by atoms with E-state index in [1.807, 2.05) is 11.3 Å². The molecule has 0 aliphatic heterocycles. The fourth-order valence-corrected chi connectivity index (χ4v) is 10.8. The number of nitrogens with zero attached hydrogens (tertiary/aromatic N) is 1. The Bertz CT molecular complexity index is 3420. The highest BCUT2D eigenvalue weighted by Crippen LogP contribution is 2.51. The third-order valence-corrected chi connectivity index (χ3v) is 13.6. The lowest BCUT2D eigenvalue weighted by atomic mass is 9.82. The Balaban J connectivity index is 1.06. The molecule has 0 radical (unpaired) electrons. The molecule has 9 aromatic carbocycles. The topological polar surface area (TPSA) is 16.4 Å². The molecule has 0 atom stereocenters. The van der Waals surface area contributed by atoms with Crippen LogP contribution in [0, 0.1) is 0 Å². The van der Waals surface area contributed by atoms with Crippen LogP contribution in [0.1, 0.15) is 25.0 Å². The molecule has 0 fully saturated rings. The minimum atomic E-state index is -0.119. The minimum absolute atomic E-state index is 0.119. The molecule has 0 spiro atoms. The van der Waals surface area contributed by atoms with Gasteiger partial charge < -0.3 is 9.32 Å². The van der Waals surface area contributed by atoms with E-state index in [9.17, 15) is 0 Å². The highest BCUT2D eigenvalue weighted by atomic mass is 32.1. The van der Waals surface area contributed by atoms with Crippen molar-refractivity contribution in [1.82, 2.24) is 0 Å². The summed E-state index contributed by atoms with van der Waals surface area (Å²) in [5.74, 6) is 0. The number of furan rings is 1. The summed E-state index contributed by atoms with van der Waals surface area (Å²) in [6, 6.07) is 68.8. The third-order valence-electron chi connectivity index (χ3n) is 12.5. The molecule has 2 aromatic heterocycles. The lowest BCUT2D eigenvalue weighted by Crippen LogP contribution is -2.16.